The Morgan fingerprint density at radius 3 is 2.69 bits per heavy atom. The maximum atomic E-state index is 6.45. The molecule has 0 unspecified atom stereocenters. The maximum Gasteiger partial charge on any atom is 0.166 e. The molecular weight excluding hydrogens is 390 g/mol. The molecule has 1 atom stereocenters. The van der Waals surface area contributed by atoms with Crippen LogP contribution in [0.3, 0.4) is 0 Å². The van der Waals surface area contributed by atoms with Gasteiger partial charge in [-0.25, -0.2) is 19.9 Å². The molecule has 0 aromatic carbocycles. The first-order valence-corrected chi connectivity index (χ1v) is 10.4. The number of piperazine rings is 1. The number of aromatic nitrogens is 5. The second-order valence-corrected chi connectivity index (χ2v) is 8.08. The molecule has 0 bridgehead atoms. The van der Waals surface area contributed by atoms with Crippen LogP contribution in [0, 0.1) is 6.92 Å². The Morgan fingerprint density at radius 2 is 1.97 bits per heavy atom. The van der Waals surface area contributed by atoms with Gasteiger partial charge in [0, 0.05) is 39.0 Å². The Morgan fingerprint density at radius 1 is 1.14 bits per heavy atom. The predicted octanol–water partition coefficient (Wildman–Crippen LogP) is 2.56. The van der Waals surface area contributed by atoms with Crippen molar-refractivity contribution in [3.63, 3.8) is 0 Å². The lowest BCUT2D eigenvalue weighted by Gasteiger charge is -2.33. The van der Waals surface area contributed by atoms with Gasteiger partial charge < -0.3 is 19.1 Å². The highest BCUT2D eigenvalue weighted by atomic mass is 35.5. The average molecular weight is 414 g/mol. The summed E-state index contributed by atoms with van der Waals surface area (Å²) in [6, 6.07) is 4.01. The van der Waals surface area contributed by atoms with Gasteiger partial charge in [0.2, 0.25) is 0 Å². The summed E-state index contributed by atoms with van der Waals surface area (Å²) in [5.41, 5.74) is 2.47. The number of rotatable bonds is 3. The van der Waals surface area contributed by atoms with E-state index in [1.807, 2.05) is 19.1 Å². The highest BCUT2D eigenvalue weighted by Gasteiger charge is 2.29. The Hall–Kier alpha value is -2.29. The summed E-state index contributed by atoms with van der Waals surface area (Å²) in [5, 5.41) is 0.439. The minimum atomic E-state index is 0.168. The summed E-state index contributed by atoms with van der Waals surface area (Å²) in [6.07, 6.45) is 2.61. The molecule has 9 heteroatoms. The molecular formula is C20H24ClN7O. The summed E-state index contributed by atoms with van der Waals surface area (Å²) in [5.74, 6) is 2.43. The summed E-state index contributed by atoms with van der Waals surface area (Å²) >= 11 is 6.45. The lowest BCUT2D eigenvalue weighted by atomic mass is 10.2. The van der Waals surface area contributed by atoms with Gasteiger partial charge in [-0.1, -0.05) is 11.6 Å². The van der Waals surface area contributed by atoms with Gasteiger partial charge in [-0.2, -0.15) is 0 Å². The van der Waals surface area contributed by atoms with E-state index in [9.17, 15) is 0 Å². The van der Waals surface area contributed by atoms with E-state index in [-0.39, 0.29) is 6.04 Å². The van der Waals surface area contributed by atoms with E-state index in [2.05, 4.69) is 26.4 Å². The van der Waals surface area contributed by atoms with Crippen molar-refractivity contribution in [2.24, 2.45) is 0 Å². The van der Waals surface area contributed by atoms with Gasteiger partial charge in [-0.05, 0) is 32.5 Å². The molecule has 5 rings (SSSR count). The third-order valence-corrected chi connectivity index (χ3v) is 6.01. The number of ether oxygens (including phenoxy) is 1. The van der Waals surface area contributed by atoms with Crippen molar-refractivity contribution in [3.05, 3.63) is 29.3 Å². The zero-order chi connectivity index (χ0) is 20.0. The van der Waals surface area contributed by atoms with Crippen molar-refractivity contribution in [2.75, 3.05) is 51.3 Å². The molecule has 2 saturated heterocycles. The van der Waals surface area contributed by atoms with Crippen LogP contribution in [0.25, 0.3) is 22.6 Å². The molecule has 0 N–H and O–H groups in total. The van der Waals surface area contributed by atoms with E-state index in [1.165, 1.54) is 0 Å². The van der Waals surface area contributed by atoms with Crippen LogP contribution >= 0.6 is 11.6 Å². The zero-order valence-corrected chi connectivity index (χ0v) is 17.4. The molecule has 8 nitrogen and oxygen atoms in total. The maximum absolute atomic E-state index is 6.45. The first-order valence-electron chi connectivity index (χ1n) is 10.0. The fourth-order valence-electron chi connectivity index (χ4n) is 4.12. The average Bonchev–Trinajstić information content (AvgIpc) is 3.36. The lowest BCUT2D eigenvalue weighted by molar-refractivity contribution is 0.187. The van der Waals surface area contributed by atoms with Crippen LogP contribution in [-0.4, -0.2) is 75.8 Å². The van der Waals surface area contributed by atoms with Gasteiger partial charge >= 0.3 is 0 Å². The molecule has 0 aliphatic carbocycles. The van der Waals surface area contributed by atoms with Crippen molar-refractivity contribution < 1.29 is 4.74 Å². The Labute approximate surface area is 174 Å². The summed E-state index contributed by atoms with van der Waals surface area (Å²) in [7, 11) is 2.15. The third-order valence-electron chi connectivity index (χ3n) is 5.71. The van der Waals surface area contributed by atoms with Crippen molar-refractivity contribution in [1.82, 2.24) is 29.4 Å². The number of hydrogen-bond acceptors (Lipinski definition) is 7. The van der Waals surface area contributed by atoms with Gasteiger partial charge in [-0.15, -0.1) is 0 Å². The Bertz CT molecular complexity index is 1040. The summed E-state index contributed by atoms with van der Waals surface area (Å²) in [6.45, 7) is 7.17. The fraction of sp³-hybridized carbons (Fsp3) is 0.500. The van der Waals surface area contributed by atoms with Gasteiger partial charge in [0.05, 0.1) is 18.2 Å². The molecule has 3 aromatic rings. The number of aryl methyl sites for hydroxylation is 1. The number of likely N-dealkylation sites (N-methyl/N-ethyl adjacent to an activating group) is 1. The van der Waals surface area contributed by atoms with Crippen LogP contribution in [0.15, 0.2) is 18.3 Å². The summed E-state index contributed by atoms with van der Waals surface area (Å²) in [4.78, 5) is 23.5. The zero-order valence-electron chi connectivity index (χ0n) is 16.7. The third kappa shape index (κ3) is 3.35. The van der Waals surface area contributed by atoms with Gasteiger partial charge in [0.25, 0.3) is 0 Å². The number of hydrogen-bond donors (Lipinski definition) is 0. The quantitative estimate of drug-likeness (QED) is 0.611. The molecule has 29 heavy (non-hydrogen) atoms. The fourth-order valence-corrected chi connectivity index (χ4v) is 4.32. The normalized spacial score (nSPS) is 20.7. The van der Waals surface area contributed by atoms with Crippen molar-refractivity contribution >= 4 is 28.6 Å². The molecule has 0 spiro atoms. The van der Waals surface area contributed by atoms with Gasteiger partial charge in [0.1, 0.15) is 16.8 Å². The first-order chi connectivity index (χ1) is 14.1. The van der Waals surface area contributed by atoms with E-state index < -0.39 is 0 Å². The van der Waals surface area contributed by atoms with Crippen molar-refractivity contribution in [2.45, 2.75) is 19.4 Å². The van der Waals surface area contributed by atoms with E-state index in [0.29, 0.717) is 11.8 Å². The van der Waals surface area contributed by atoms with Gasteiger partial charge in [0.15, 0.2) is 17.0 Å². The van der Waals surface area contributed by atoms with Crippen LogP contribution in [0.2, 0.25) is 5.15 Å². The van der Waals surface area contributed by atoms with E-state index in [1.54, 1.807) is 6.20 Å². The molecule has 0 saturated carbocycles. The second kappa shape index (κ2) is 7.51. The van der Waals surface area contributed by atoms with E-state index in [4.69, 9.17) is 31.3 Å². The molecule has 152 valence electrons. The number of halogens is 1. The molecule has 0 radical (unpaired) electrons. The molecule has 5 heterocycles. The monoisotopic (exact) mass is 413 g/mol. The topological polar surface area (TPSA) is 72.2 Å². The minimum absolute atomic E-state index is 0.168. The highest BCUT2D eigenvalue weighted by molar-refractivity contribution is 6.32. The lowest BCUT2D eigenvalue weighted by Crippen LogP contribution is -2.45. The van der Waals surface area contributed by atoms with Crippen LogP contribution in [0.5, 0.6) is 0 Å². The van der Waals surface area contributed by atoms with Crippen LogP contribution in [0.4, 0.5) is 5.82 Å². The largest absolute Gasteiger partial charge is 0.379 e. The molecule has 0 amide bonds. The number of nitrogens with zero attached hydrogens (tertiary/aromatic N) is 7. The van der Waals surface area contributed by atoms with Crippen LogP contribution in [-0.2, 0) is 4.74 Å². The number of anilines is 1. The van der Waals surface area contributed by atoms with Gasteiger partial charge in [-0.3, -0.25) is 0 Å². The molecule has 3 aromatic heterocycles. The number of pyridine rings is 1. The SMILES string of the molecule is Cc1nc(N2CCN(C)CC2)c2nc(-c3cccnc3Cl)n([C@@H]3CCOC3)c2n1. The van der Waals surface area contributed by atoms with Crippen LogP contribution < -0.4 is 4.90 Å². The van der Waals surface area contributed by atoms with Crippen molar-refractivity contribution in [3.8, 4) is 11.4 Å². The second-order valence-electron chi connectivity index (χ2n) is 7.72. The molecule has 2 fully saturated rings. The summed E-state index contributed by atoms with van der Waals surface area (Å²) < 4.78 is 7.86. The standard InChI is InChI=1S/C20H24ClN7O/c1-13-23-19(27-9-7-26(2)8-10-27)16-20(24-13)28(14-5-11-29-12-14)18(25-16)15-4-3-6-22-17(15)21/h3-4,6,14H,5,7-12H2,1-2H3/t14-/m1/s1. The highest BCUT2D eigenvalue weighted by Crippen LogP contribution is 2.36. The number of fused-ring (bicyclic) bond motifs is 1. The van der Waals surface area contributed by atoms with Crippen LogP contribution in [0.1, 0.15) is 18.3 Å². The predicted molar refractivity (Wildman–Crippen MR) is 112 cm³/mol. The molecule has 2 aliphatic heterocycles. The van der Waals surface area contributed by atoms with Crippen molar-refractivity contribution in [1.29, 1.82) is 0 Å². The molecule has 2 aliphatic rings. The van der Waals surface area contributed by atoms with E-state index in [0.717, 1.165) is 73.4 Å². The number of imidazole rings is 1. The van der Waals surface area contributed by atoms with E-state index >= 15 is 0 Å². The first kappa shape index (κ1) is 18.7. The Kier molecular flexibility index (Phi) is 4.85. The Balaban J connectivity index is 1.73. The smallest absolute Gasteiger partial charge is 0.166 e. The minimum Gasteiger partial charge on any atom is -0.379 e.